The molecule has 0 aliphatic carbocycles. The second kappa shape index (κ2) is 8.44. The Morgan fingerprint density at radius 1 is 1.22 bits per heavy atom. The Balaban J connectivity index is 1.94. The van der Waals surface area contributed by atoms with Crippen molar-refractivity contribution >= 4 is 78.8 Å². The fourth-order valence-corrected chi connectivity index (χ4v) is 3.91. The zero-order valence-corrected chi connectivity index (χ0v) is 17.5. The standard InChI is InChI=1S/C18H15Cl3N4OS/c1-3-9(2)24-25-18-23-15-12(20)8-13(14(21)16(15)27-18)22-17(26)10-6-4-5-7-11(10)19/h4-8H,3H2,1-2H3,(H,22,26)(H,23,25)/b24-9-. The number of rotatable bonds is 5. The number of thiazole rings is 1. The number of halogens is 3. The smallest absolute Gasteiger partial charge is 0.257 e. The van der Waals surface area contributed by atoms with Crippen LogP contribution in [0, 0.1) is 0 Å². The van der Waals surface area contributed by atoms with Crippen LogP contribution in [0.4, 0.5) is 10.8 Å². The molecule has 3 aromatic rings. The van der Waals surface area contributed by atoms with E-state index in [-0.39, 0.29) is 5.91 Å². The third kappa shape index (κ3) is 4.35. The molecule has 1 heterocycles. The quantitative estimate of drug-likeness (QED) is 0.342. The van der Waals surface area contributed by atoms with Gasteiger partial charge in [-0.25, -0.2) is 4.98 Å². The molecule has 140 valence electrons. The number of aromatic nitrogens is 1. The summed E-state index contributed by atoms with van der Waals surface area (Å²) in [5.41, 5.74) is 5.14. The van der Waals surface area contributed by atoms with E-state index in [1.165, 1.54) is 11.3 Å². The summed E-state index contributed by atoms with van der Waals surface area (Å²) in [6.45, 7) is 3.93. The Bertz CT molecular complexity index is 1050. The summed E-state index contributed by atoms with van der Waals surface area (Å²) < 4.78 is 0.658. The highest BCUT2D eigenvalue weighted by Gasteiger charge is 2.18. The maximum atomic E-state index is 12.5. The van der Waals surface area contributed by atoms with Gasteiger partial charge in [-0.15, -0.1) is 0 Å². The summed E-state index contributed by atoms with van der Waals surface area (Å²) in [5, 5.41) is 8.65. The first-order valence-corrected chi connectivity index (χ1v) is 9.99. The van der Waals surface area contributed by atoms with Crippen LogP contribution >= 0.6 is 46.1 Å². The van der Waals surface area contributed by atoms with Crippen molar-refractivity contribution in [2.24, 2.45) is 5.10 Å². The van der Waals surface area contributed by atoms with Gasteiger partial charge in [0, 0.05) is 5.71 Å². The molecule has 0 atom stereocenters. The van der Waals surface area contributed by atoms with Crippen molar-refractivity contribution in [3.05, 3.63) is 51.0 Å². The van der Waals surface area contributed by atoms with Crippen LogP contribution in [0.3, 0.4) is 0 Å². The van der Waals surface area contributed by atoms with Crippen LogP contribution in [0.5, 0.6) is 0 Å². The van der Waals surface area contributed by atoms with Crippen LogP contribution in [0.15, 0.2) is 35.4 Å². The highest BCUT2D eigenvalue weighted by molar-refractivity contribution is 7.23. The van der Waals surface area contributed by atoms with Crippen molar-refractivity contribution in [1.82, 2.24) is 4.98 Å². The Morgan fingerprint density at radius 3 is 2.67 bits per heavy atom. The fourth-order valence-electron chi connectivity index (χ4n) is 2.21. The van der Waals surface area contributed by atoms with E-state index in [9.17, 15) is 4.79 Å². The molecule has 27 heavy (non-hydrogen) atoms. The third-order valence-corrected chi connectivity index (χ3v) is 5.88. The van der Waals surface area contributed by atoms with E-state index in [1.807, 2.05) is 13.8 Å². The largest absolute Gasteiger partial charge is 0.320 e. The molecule has 3 rings (SSSR count). The maximum Gasteiger partial charge on any atom is 0.257 e. The molecule has 1 aromatic heterocycles. The predicted octanol–water partition coefficient (Wildman–Crippen LogP) is 6.71. The number of nitrogens with zero attached hydrogens (tertiary/aromatic N) is 2. The number of hydrazone groups is 1. The van der Waals surface area contributed by atoms with Gasteiger partial charge in [-0.05, 0) is 31.5 Å². The molecule has 0 bridgehead atoms. The molecule has 0 saturated heterocycles. The summed E-state index contributed by atoms with van der Waals surface area (Å²) in [6, 6.07) is 8.34. The van der Waals surface area contributed by atoms with Crippen molar-refractivity contribution in [1.29, 1.82) is 0 Å². The number of fused-ring (bicyclic) bond motifs is 1. The Labute approximate surface area is 175 Å². The number of hydrogen-bond acceptors (Lipinski definition) is 5. The van der Waals surface area contributed by atoms with E-state index in [0.29, 0.717) is 41.7 Å². The molecule has 0 aliphatic rings. The Hall–Kier alpha value is -1.86. The molecule has 5 nitrogen and oxygen atoms in total. The molecule has 9 heteroatoms. The van der Waals surface area contributed by atoms with Gasteiger partial charge in [0.15, 0.2) is 0 Å². The molecule has 0 aliphatic heterocycles. The van der Waals surface area contributed by atoms with Crippen LogP contribution in [0.1, 0.15) is 30.6 Å². The second-order valence-corrected chi connectivity index (χ2v) is 7.85. The van der Waals surface area contributed by atoms with E-state index in [2.05, 4.69) is 20.8 Å². The van der Waals surface area contributed by atoms with Crippen molar-refractivity contribution in [3.8, 4) is 0 Å². The molecule has 2 N–H and O–H groups in total. The number of amides is 1. The first-order chi connectivity index (χ1) is 12.9. The van der Waals surface area contributed by atoms with E-state index >= 15 is 0 Å². The molecule has 0 radical (unpaired) electrons. The van der Waals surface area contributed by atoms with Gasteiger partial charge < -0.3 is 5.32 Å². The van der Waals surface area contributed by atoms with E-state index in [4.69, 9.17) is 34.8 Å². The molecule has 0 unspecified atom stereocenters. The lowest BCUT2D eigenvalue weighted by Crippen LogP contribution is -2.12. The molecule has 0 fully saturated rings. The van der Waals surface area contributed by atoms with Gasteiger partial charge >= 0.3 is 0 Å². The SMILES string of the molecule is CC/C(C)=N\Nc1nc2c(Cl)cc(NC(=O)c3ccccc3Cl)c(Cl)c2s1. The second-order valence-electron chi connectivity index (χ2n) is 5.66. The molecule has 1 amide bonds. The van der Waals surface area contributed by atoms with Gasteiger partial charge in [0.1, 0.15) is 5.52 Å². The highest BCUT2D eigenvalue weighted by Crippen LogP contribution is 2.41. The summed E-state index contributed by atoms with van der Waals surface area (Å²) >= 11 is 20.2. The average molecular weight is 442 g/mol. The monoisotopic (exact) mass is 440 g/mol. The minimum atomic E-state index is -0.371. The third-order valence-electron chi connectivity index (χ3n) is 3.78. The van der Waals surface area contributed by atoms with Gasteiger partial charge in [0.2, 0.25) is 5.13 Å². The summed E-state index contributed by atoms with van der Waals surface area (Å²) in [4.78, 5) is 16.9. The molecular weight excluding hydrogens is 427 g/mol. The lowest BCUT2D eigenvalue weighted by molar-refractivity contribution is 0.102. The van der Waals surface area contributed by atoms with Gasteiger partial charge in [-0.1, -0.05) is 65.2 Å². The zero-order chi connectivity index (χ0) is 19.6. The lowest BCUT2D eigenvalue weighted by atomic mass is 10.2. The van der Waals surface area contributed by atoms with Crippen molar-refractivity contribution in [2.75, 3.05) is 10.7 Å². The summed E-state index contributed by atoms with van der Waals surface area (Å²) in [6.07, 6.45) is 0.831. The van der Waals surface area contributed by atoms with Crippen molar-refractivity contribution < 1.29 is 4.79 Å². The molecular formula is C18H15Cl3N4OS. The van der Waals surface area contributed by atoms with Crippen LogP contribution in [0.2, 0.25) is 15.1 Å². The Kier molecular flexibility index (Phi) is 6.22. The van der Waals surface area contributed by atoms with Crippen LogP contribution in [0.25, 0.3) is 10.2 Å². The fraction of sp³-hybridized carbons (Fsp3) is 0.167. The van der Waals surface area contributed by atoms with Crippen molar-refractivity contribution in [3.63, 3.8) is 0 Å². The first-order valence-electron chi connectivity index (χ1n) is 8.04. The summed E-state index contributed by atoms with van der Waals surface area (Å²) in [5.74, 6) is -0.371. The Morgan fingerprint density at radius 2 is 1.96 bits per heavy atom. The number of nitrogens with one attached hydrogen (secondary N) is 2. The average Bonchev–Trinajstić information content (AvgIpc) is 3.09. The number of carbonyl (C=O) groups is 1. The predicted molar refractivity (Wildman–Crippen MR) is 116 cm³/mol. The van der Waals surface area contributed by atoms with E-state index < -0.39 is 0 Å². The minimum Gasteiger partial charge on any atom is -0.320 e. The minimum absolute atomic E-state index is 0.350. The number of hydrogen-bond donors (Lipinski definition) is 2. The zero-order valence-electron chi connectivity index (χ0n) is 14.4. The molecule has 2 aromatic carbocycles. The number of carbonyl (C=O) groups excluding carboxylic acids is 1. The van der Waals surface area contributed by atoms with Gasteiger partial charge in [0.25, 0.3) is 5.91 Å². The van der Waals surface area contributed by atoms with E-state index in [1.54, 1.807) is 30.3 Å². The number of anilines is 2. The summed E-state index contributed by atoms with van der Waals surface area (Å²) in [7, 11) is 0. The van der Waals surface area contributed by atoms with Crippen LogP contribution < -0.4 is 10.7 Å². The van der Waals surface area contributed by atoms with Gasteiger partial charge in [-0.3, -0.25) is 10.2 Å². The topological polar surface area (TPSA) is 66.4 Å². The lowest BCUT2D eigenvalue weighted by Gasteiger charge is -2.09. The van der Waals surface area contributed by atoms with Crippen molar-refractivity contribution in [2.45, 2.75) is 20.3 Å². The van der Waals surface area contributed by atoms with E-state index in [0.717, 1.165) is 12.1 Å². The molecule has 0 spiro atoms. The van der Waals surface area contributed by atoms with Crippen LogP contribution in [-0.4, -0.2) is 16.6 Å². The van der Waals surface area contributed by atoms with Gasteiger partial charge in [0.05, 0.1) is 31.0 Å². The van der Waals surface area contributed by atoms with Crippen LogP contribution in [-0.2, 0) is 0 Å². The highest BCUT2D eigenvalue weighted by atomic mass is 35.5. The number of benzene rings is 2. The first kappa shape index (κ1) is 19.9. The van der Waals surface area contributed by atoms with Gasteiger partial charge in [-0.2, -0.15) is 5.10 Å². The molecule has 0 saturated carbocycles. The normalized spacial score (nSPS) is 11.7. The maximum absolute atomic E-state index is 12.5.